The first-order valence-electron chi connectivity index (χ1n) is 11.1. The Kier molecular flexibility index (Phi) is 8.03. The Morgan fingerprint density at radius 3 is 2.21 bits per heavy atom. The summed E-state index contributed by atoms with van der Waals surface area (Å²) >= 11 is 0. The second-order valence-corrected chi connectivity index (χ2v) is 8.18. The molecule has 2 aromatic rings. The van der Waals surface area contributed by atoms with Crippen molar-refractivity contribution < 1.29 is 23.8 Å². The summed E-state index contributed by atoms with van der Waals surface area (Å²) in [5.41, 5.74) is 2.79. The third-order valence-electron chi connectivity index (χ3n) is 6.14. The fourth-order valence-corrected chi connectivity index (χ4v) is 3.88. The van der Waals surface area contributed by atoms with E-state index in [0.29, 0.717) is 42.4 Å². The van der Waals surface area contributed by atoms with Crippen LogP contribution in [0.2, 0.25) is 0 Å². The van der Waals surface area contributed by atoms with Gasteiger partial charge in [-0.1, -0.05) is 20.3 Å². The van der Waals surface area contributed by atoms with Gasteiger partial charge in [-0.2, -0.15) is 0 Å². The molecule has 0 saturated heterocycles. The lowest BCUT2D eigenvalue weighted by Gasteiger charge is -2.32. The predicted molar refractivity (Wildman–Crippen MR) is 127 cm³/mol. The van der Waals surface area contributed by atoms with E-state index in [0.717, 1.165) is 17.5 Å². The zero-order chi connectivity index (χ0) is 24.0. The number of nitrogens with zero attached hydrogens (tertiary/aromatic N) is 1. The highest BCUT2D eigenvalue weighted by atomic mass is 16.5. The number of ether oxygens (including phenoxy) is 3. The minimum Gasteiger partial charge on any atom is -0.497 e. The summed E-state index contributed by atoms with van der Waals surface area (Å²) in [5.74, 6) is 1.75. The van der Waals surface area contributed by atoms with Crippen molar-refractivity contribution >= 4 is 17.6 Å². The SMILES string of the molecule is CC[C@@H](C)C(NC(=O)N1CCc2cc(OC)c(OC)cc2C1)C(=O)Nc1ccc(OC)cc1. The first-order valence-corrected chi connectivity index (χ1v) is 11.1. The van der Waals surface area contributed by atoms with Gasteiger partial charge >= 0.3 is 6.03 Å². The quantitative estimate of drug-likeness (QED) is 0.632. The van der Waals surface area contributed by atoms with Crippen LogP contribution < -0.4 is 24.8 Å². The monoisotopic (exact) mass is 455 g/mol. The van der Waals surface area contributed by atoms with E-state index in [1.165, 1.54) is 0 Å². The molecule has 0 saturated carbocycles. The van der Waals surface area contributed by atoms with Crippen molar-refractivity contribution in [2.75, 3.05) is 33.2 Å². The van der Waals surface area contributed by atoms with Gasteiger partial charge in [0.2, 0.25) is 5.91 Å². The number of anilines is 1. The number of methoxy groups -OCH3 is 3. The number of nitrogens with one attached hydrogen (secondary N) is 2. The van der Waals surface area contributed by atoms with Crippen molar-refractivity contribution in [3.05, 3.63) is 47.5 Å². The number of carbonyl (C=O) groups excluding carboxylic acids is 2. The molecule has 0 aromatic heterocycles. The smallest absolute Gasteiger partial charge is 0.318 e. The average molecular weight is 456 g/mol. The van der Waals surface area contributed by atoms with E-state index in [1.54, 1.807) is 50.5 Å². The van der Waals surface area contributed by atoms with Gasteiger partial charge < -0.3 is 29.7 Å². The predicted octanol–water partition coefficient (Wildman–Crippen LogP) is 3.83. The highest BCUT2D eigenvalue weighted by molar-refractivity contribution is 5.97. The third kappa shape index (κ3) is 5.69. The Labute approximate surface area is 195 Å². The minimum absolute atomic E-state index is 0.0337. The normalized spacial score (nSPS) is 14.5. The molecule has 3 rings (SSSR count). The summed E-state index contributed by atoms with van der Waals surface area (Å²) in [5, 5.41) is 5.86. The maximum absolute atomic E-state index is 13.1. The Balaban J connectivity index is 1.70. The van der Waals surface area contributed by atoms with Crippen molar-refractivity contribution in [1.82, 2.24) is 10.2 Å². The van der Waals surface area contributed by atoms with Crippen LogP contribution in [0.4, 0.5) is 10.5 Å². The van der Waals surface area contributed by atoms with Crippen LogP contribution in [0.25, 0.3) is 0 Å². The summed E-state index contributed by atoms with van der Waals surface area (Å²) in [6.45, 7) is 4.96. The topological polar surface area (TPSA) is 89.1 Å². The summed E-state index contributed by atoms with van der Waals surface area (Å²) in [4.78, 5) is 27.9. The Morgan fingerprint density at radius 2 is 1.64 bits per heavy atom. The van der Waals surface area contributed by atoms with Gasteiger partial charge in [-0.05, 0) is 59.9 Å². The summed E-state index contributed by atoms with van der Waals surface area (Å²) in [7, 11) is 4.79. The summed E-state index contributed by atoms with van der Waals surface area (Å²) in [6, 6.07) is 10.1. The summed E-state index contributed by atoms with van der Waals surface area (Å²) in [6.07, 6.45) is 1.45. The molecule has 33 heavy (non-hydrogen) atoms. The van der Waals surface area contributed by atoms with Gasteiger partial charge in [0.15, 0.2) is 11.5 Å². The number of rotatable bonds is 8. The van der Waals surface area contributed by atoms with E-state index in [9.17, 15) is 9.59 Å². The van der Waals surface area contributed by atoms with Crippen LogP contribution in [0.1, 0.15) is 31.4 Å². The zero-order valence-corrected chi connectivity index (χ0v) is 19.9. The molecule has 2 aromatic carbocycles. The number of amides is 3. The van der Waals surface area contributed by atoms with Gasteiger partial charge in [-0.25, -0.2) is 4.79 Å². The van der Waals surface area contributed by atoms with Crippen molar-refractivity contribution in [3.8, 4) is 17.2 Å². The van der Waals surface area contributed by atoms with Gasteiger partial charge in [0, 0.05) is 18.8 Å². The van der Waals surface area contributed by atoms with Gasteiger partial charge in [-0.3, -0.25) is 4.79 Å². The van der Waals surface area contributed by atoms with Crippen LogP contribution in [0.3, 0.4) is 0 Å². The maximum atomic E-state index is 13.1. The molecule has 0 bridgehead atoms. The third-order valence-corrected chi connectivity index (χ3v) is 6.14. The van der Waals surface area contributed by atoms with E-state index >= 15 is 0 Å². The van der Waals surface area contributed by atoms with E-state index in [1.807, 2.05) is 26.0 Å². The van der Waals surface area contributed by atoms with Crippen LogP contribution in [0, 0.1) is 5.92 Å². The van der Waals surface area contributed by atoms with Gasteiger partial charge in [0.1, 0.15) is 11.8 Å². The van der Waals surface area contributed by atoms with Crippen LogP contribution in [-0.4, -0.2) is 50.8 Å². The first kappa shape index (κ1) is 24.2. The molecule has 0 fully saturated rings. The van der Waals surface area contributed by atoms with Crippen LogP contribution in [0.5, 0.6) is 17.2 Å². The lowest BCUT2D eigenvalue weighted by Crippen LogP contribution is -2.53. The van der Waals surface area contributed by atoms with Crippen molar-refractivity contribution in [2.24, 2.45) is 5.92 Å². The molecule has 1 unspecified atom stereocenters. The second kappa shape index (κ2) is 10.9. The molecule has 1 aliphatic rings. The molecule has 1 heterocycles. The molecule has 0 radical (unpaired) electrons. The molecule has 1 aliphatic heterocycles. The largest absolute Gasteiger partial charge is 0.497 e. The Hall–Kier alpha value is -3.42. The maximum Gasteiger partial charge on any atom is 0.318 e. The number of hydrogen-bond donors (Lipinski definition) is 2. The highest BCUT2D eigenvalue weighted by Crippen LogP contribution is 2.33. The molecule has 178 valence electrons. The van der Waals surface area contributed by atoms with Crippen LogP contribution >= 0.6 is 0 Å². The van der Waals surface area contributed by atoms with Gasteiger partial charge in [0.05, 0.1) is 21.3 Å². The zero-order valence-electron chi connectivity index (χ0n) is 19.9. The van der Waals surface area contributed by atoms with E-state index < -0.39 is 6.04 Å². The number of hydrogen-bond acceptors (Lipinski definition) is 5. The molecular weight excluding hydrogens is 422 g/mol. The number of carbonyl (C=O) groups is 2. The van der Waals surface area contributed by atoms with Gasteiger partial charge in [0.25, 0.3) is 0 Å². The van der Waals surface area contributed by atoms with E-state index in [2.05, 4.69) is 10.6 Å². The Bertz CT molecular complexity index is 977. The van der Waals surface area contributed by atoms with Crippen LogP contribution in [-0.2, 0) is 17.8 Å². The average Bonchev–Trinajstić information content (AvgIpc) is 2.85. The molecule has 8 heteroatoms. The molecule has 8 nitrogen and oxygen atoms in total. The van der Waals surface area contributed by atoms with Crippen molar-refractivity contribution in [3.63, 3.8) is 0 Å². The lowest BCUT2D eigenvalue weighted by atomic mass is 9.97. The number of urea groups is 1. The fourth-order valence-electron chi connectivity index (χ4n) is 3.88. The van der Waals surface area contributed by atoms with E-state index in [4.69, 9.17) is 14.2 Å². The molecule has 0 aliphatic carbocycles. The number of fused-ring (bicyclic) bond motifs is 1. The summed E-state index contributed by atoms with van der Waals surface area (Å²) < 4.78 is 16.0. The highest BCUT2D eigenvalue weighted by Gasteiger charge is 2.30. The number of benzene rings is 2. The second-order valence-electron chi connectivity index (χ2n) is 8.18. The molecule has 2 atom stereocenters. The molecule has 0 spiro atoms. The molecule has 3 amide bonds. The standard InChI is InChI=1S/C25H33N3O5/c1-6-16(2)23(24(29)26-19-7-9-20(31-3)10-8-19)27-25(30)28-12-11-17-13-21(32-4)22(33-5)14-18(17)15-28/h7-10,13-14,16,23H,6,11-12,15H2,1-5H3,(H,26,29)(H,27,30)/t16-,23?/m1/s1. The van der Waals surface area contributed by atoms with Crippen molar-refractivity contribution in [2.45, 2.75) is 39.3 Å². The van der Waals surface area contributed by atoms with Gasteiger partial charge in [-0.15, -0.1) is 0 Å². The van der Waals surface area contributed by atoms with E-state index in [-0.39, 0.29) is 17.9 Å². The van der Waals surface area contributed by atoms with Crippen LogP contribution in [0.15, 0.2) is 36.4 Å². The molecular formula is C25H33N3O5. The van der Waals surface area contributed by atoms with Crippen molar-refractivity contribution in [1.29, 1.82) is 0 Å². The Morgan fingerprint density at radius 1 is 1.00 bits per heavy atom. The minimum atomic E-state index is -0.656. The lowest BCUT2D eigenvalue weighted by molar-refractivity contribution is -0.119. The first-order chi connectivity index (χ1) is 15.9. The molecule has 2 N–H and O–H groups in total. The fraction of sp³-hybridized carbons (Fsp3) is 0.440.